The minimum Gasteiger partial charge on any atom is -0.493 e. The molecule has 1 aromatic heterocycles. The summed E-state index contributed by atoms with van der Waals surface area (Å²) in [6.45, 7) is 3.67. The summed E-state index contributed by atoms with van der Waals surface area (Å²) in [5.41, 5.74) is 2.88. The van der Waals surface area contributed by atoms with E-state index in [2.05, 4.69) is 4.98 Å². The normalized spacial score (nSPS) is 30.2. The summed E-state index contributed by atoms with van der Waals surface area (Å²) in [6.07, 6.45) is 2.63. The number of aliphatic hydroxyl groups excluding tert-OH is 1. The van der Waals surface area contributed by atoms with Gasteiger partial charge in [0.15, 0.2) is 0 Å². The zero-order valence-corrected chi connectivity index (χ0v) is 22.1. The Bertz CT molecular complexity index is 1560. The Morgan fingerprint density at radius 2 is 1.73 bits per heavy atom. The number of nitrogens with zero attached hydrogens (tertiary/aromatic N) is 1. The molecule has 0 spiro atoms. The fraction of sp³-hybridized carbons (Fsp3) is 0.419. The molecule has 0 saturated heterocycles. The molecule has 9 heteroatoms. The van der Waals surface area contributed by atoms with E-state index in [0.29, 0.717) is 30.8 Å². The van der Waals surface area contributed by atoms with Gasteiger partial charge in [-0.05, 0) is 84.5 Å². The molecule has 8 rings (SSSR count). The van der Waals surface area contributed by atoms with Crippen LogP contribution in [-0.4, -0.2) is 45.1 Å². The molecule has 3 aromatic rings. The van der Waals surface area contributed by atoms with Crippen molar-refractivity contribution in [3.8, 4) is 22.8 Å². The average molecular weight is 550 g/mol. The van der Waals surface area contributed by atoms with Gasteiger partial charge in [0.1, 0.15) is 24.0 Å². The number of carboxylic acids is 1. The number of rotatable bonds is 9. The number of hydrogen-bond donors (Lipinski definition) is 3. The van der Waals surface area contributed by atoms with E-state index in [4.69, 9.17) is 9.47 Å². The lowest BCUT2D eigenvalue weighted by Crippen LogP contribution is -2.48. The first-order chi connectivity index (χ1) is 19.1. The summed E-state index contributed by atoms with van der Waals surface area (Å²) < 4.78 is 41.5. The maximum atomic E-state index is 15.0. The first-order valence-electron chi connectivity index (χ1n) is 13.5. The van der Waals surface area contributed by atoms with Gasteiger partial charge in [-0.2, -0.15) is 0 Å². The van der Waals surface area contributed by atoms with E-state index < -0.39 is 28.6 Å². The van der Waals surface area contributed by atoms with Crippen molar-refractivity contribution >= 4 is 5.97 Å². The molecule has 5 aliphatic carbocycles. The van der Waals surface area contributed by atoms with E-state index in [0.717, 1.165) is 28.3 Å². The van der Waals surface area contributed by atoms with Gasteiger partial charge in [-0.25, -0.2) is 13.8 Å². The van der Waals surface area contributed by atoms with Crippen LogP contribution in [0.3, 0.4) is 0 Å². The standard InChI is InChI=1S/C31H29F2NO6/c1-14-3-18(39-11-16-8-30(38,9-16)13-35)4-15(2)25(14)20-5-17(22(32)7-23(20)33)12-40-24-6-19-21(10-34-24)27-28-26(19)31(27,28)29(36)37/h3-7,10,16,26-28,35,38H,8-9,11-13H2,1-2H3,(H,36,37)/t16-,26?,27-,28+,30+,31-/m0/s1. The predicted octanol–water partition coefficient (Wildman–Crippen LogP) is 4.63. The molecule has 0 radical (unpaired) electrons. The van der Waals surface area contributed by atoms with Crippen molar-refractivity contribution in [2.24, 2.45) is 17.3 Å². The second-order valence-electron chi connectivity index (χ2n) is 12.0. The van der Waals surface area contributed by atoms with Gasteiger partial charge >= 0.3 is 5.97 Å². The highest BCUT2D eigenvalue weighted by Gasteiger charge is 2.95. The first-order valence-corrected chi connectivity index (χ1v) is 13.5. The second kappa shape index (κ2) is 8.47. The highest BCUT2D eigenvalue weighted by molar-refractivity contribution is 5.93. The Balaban J connectivity index is 1.07. The number of benzene rings is 2. The molecule has 2 aromatic carbocycles. The van der Waals surface area contributed by atoms with E-state index in [1.165, 1.54) is 6.07 Å². The number of aryl methyl sites for hydroxylation is 2. The Hall–Kier alpha value is -3.56. The molecule has 3 N–H and O–H groups in total. The van der Waals surface area contributed by atoms with E-state index in [1.807, 2.05) is 26.0 Å². The van der Waals surface area contributed by atoms with Crippen LogP contribution in [-0.2, 0) is 11.4 Å². The van der Waals surface area contributed by atoms with Gasteiger partial charge in [0.05, 0.1) is 24.2 Å². The van der Waals surface area contributed by atoms with Gasteiger partial charge in [-0.1, -0.05) is 0 Å². The molecule has 7 nitrogen and oxygen atoms in total. The quantitative estimate of drug-likeness (QED) is 0.357. The third-order valence-electron chi connectivity index (χ3n) is 9.47. The van der Waals surface area contributed by atoms with Crippen LogP contribution in [0.4, 0.5) is 8.78 Å². The Morgan fingerprint density at radius 3 is 2.38 bits per heavy atom. The van der Waals surface area contributed by atoms with Crippen LogP contribution < -0.4 is 9.47 Å². The Kier molecular flexibility index (Phi) is 5.38. The third-order valence-corrected chi connectivity index (χ3v) is 9.47. The average Bonchev–Trinajstić information content (AvgIpc) is 3.68. The van der Waals surface area contributed by atoms with Gasteiger partial charge in [-0.3, -0.25) is 4.79 Å². The molecule has 1 heterocycles. The van der Waals surface area contributed by atoms with Gasteiger partial charge < -0.3 is 24.8 Å². The molecule has 1 unspecified atom stereocenters. The number of ether oxygens (including phenoxy) is 2. The molecule has 0 amide bonds. The zero-order chi connectivity index (χ0) is 28.1. The molecule has 5 aliphatic rings. The van der Waals surface area contributed by atoms with E-state index in [9.17, 15) is 24.5 Å². The van der Waals surface area contributed by atoms with Crippen LogP contribution in [0, 0.1) is 42.7 Å². The molecule has 40 heavy (non-hydrogen) atoms. The highest BCUT2D eigenvalue weighted by atomic mass is 19.1. The lowest BCUT2D eigenvalue weighted by molar-refractivity contribution is -0.141. The summed E-state index contributed by atoms with van der Waals surface area (Å²) in [7, 11) is 0. The van der Waals surface area contributed by atoms with Crippen LogP contribution >= 0.6 is 0 Å². The molecular weight excluding hydrogens is 520 g/mol. The van der Waals surface area contributed by atoms with E-state index >= 15 is 4.39 Å². The van der Waals surface area contributed by atoms with Gasteiger partial charge in [0, 0.05) is 41.3 Å². The van der Waals surface area contributed by atoms with E-state index in [1.54, 1.807) is 12.3 Å². The number of hydrogen-bond acceptors (Lipinski definition) is 6. The fourth-order valence-electron chi connectivity index (χ4n) is 7.47. The van der Waals surface area contributed by atoms with Crippen molar-refractivity contribution in [2.75, 3.05) is 13.2 Å². The summed E-state index contributed by atoms with van der Waals surface area (Å²) in [5.74, 6) is -0.871. The number of carboxylic acid groups (broad SMARTS) is 1. The number of aliphatic carboxylic acids is 1. The summed E-state index contributed by atoms with van der Waals surface area (Å²) in [4.78, 5) is 16.0. The number of halogens is 2. The lowest BCUT2D eigenvalue weighted by Gasteiger charge is -2.42. The van der Waals surface area contributed by atoms with Crippen LogP contribution in [0.1, 0.15) is 52.5 Å². The maximum absolute atomic E-state index is 15.0. The number of aromatic nitrogens is 1. The Labute approximate surface area is 229 Å². The van der Waals surface area contributed by atoms with Crippen molar-refractivity contribution in [3.63, 3.8) is 0 Å². The molecule has 4 atom stereocenters. The summed E-state index contributed by atoms with van der Waals surface area (Å²) >= 11 is 0. The number of pyridine rings is 1. The maximum Gasteiger partial charge on any atom is 0.311 e. The van der Waals surface area contributed by atoms with Crippen LogP contribution in [0.2, 0.25) is 0 Å². The largest absolute Gasteiger partial charge is 0.493 e. The summed E-state index contributed by atoms with van der Waals surface area (Å²) in [6, 6.07) is 7.70. The Morgan fingerprint density at radius 1 is 1.02 bits per heavy atom. The van der Waals surface area contributed by atoms with Crippen molar-refractivity contribution in [1.29, 1.82) is 0 Å². The molecule has 0 aliphatic heterocycles. The van der Waals surface area contributed by atoms with E-state index in [-0.39, 0.29) is 53.9 Å². The summed E-state index contributed by atoms with van der Waals surface area (Å²) in [5, 5.41) is 28.8. The molecule has 2 bridgehead atoms. The molecule has 208 valence electrons. The molecule has 3 fully saturated rings. The number of carbonyl (C=O) groups is 1. The predicted molar refractivity (Wildman–Crippen MR) is 139 cm³/mol. The van der Waals surface area contributed by atoms with Gasteiger partial charge in [-0.15, -0.1) is 0 Å². The van der Waals surface area contributed by atoms with Crippen molar-refractivity contribution in [2.45, 2.75) is 50.7 Å². The monoisotopic (exact) mass is 549 g/mol. The SMILES string of the molecule is Cc1cc(OC[C@H]2C[C@](O)(CO)C2)cc(C)c1-c1cc(COc2cc3c(cn2)[C@H]2[C@H]4C3[C@@]42C(=O)O)c(F)cc1F. The first kappa shape index (κ1) is 25.4. The van der Waals surface area contributed by atoms with Gasteiger partial charge in [0.25, 0.3) is 0 Å². The topological polar surface area (TPSA) is 109 Å². The van der Waals surface area contributed by atoms with Crippen LogP contribution in [0.15, 0.2) is 36.5 Å². The highest BCUT2D eigenvalue weighted by Crippen LogP contribution is 2.96. The van der Waals surface area contributed by atoms with Crippen molar-refractivity contribution in [1.82, 2.24) is 4.98 Å². The van der Waals surface area contributed by atoms with Crippen molar-refractivity contribution < 1.29 is 38.4 Å². The lowest BCUT2D eigenvalue weighted by atomic mass is 9.72. The smallest absolute Gasteiger partial charge is 0.311 e. The van der Waals surface area contributed by atoms with Crippen molar-refractivity contribution in [3.05, 3.63) is 76.0 Å². The zero-order valence-electron chi connectivity index (χ0n) is 22.1. The van der Waals surface area contributed by atoms with Crippen LogP contribution in [0.5, 0.6) is 11.6 Å². The molecular formula is C31H29F2NO6. The second-order valence-corrected chi connectivity index (χ2v) is 12.0. The minimum atomic E-state index is -1.01. The molecule has 3 saturated carbocycles. The number of aliphatic hydroxyl groups is 2. The van der Waals surface area contributed by atoms with Crippen LogP contribution in [0.25, 0.3) is 11.1 Å². The fourth-order valence-corrected chi connectivity index (χ4v) is 7.47. The minimum absolute atomic E-state index is 0.0138. The van der Waals surface area contributed by atoms with Gasteiger partial charge in [0.2, 0.25) is 5.88 Å². The third kappa shape index (κ3) is 3.53.